The Morgan fingerprint density at radius 1 is 0.329 bits per heavy atom. The normalized spacial score (nSPS) is 11.9. The van der Waals surface area contributed by atoms with Crippen LogP contribution in [0.2, 0.25) is 0 Å². The highest BCUT2D eigenvalue weighted by molar-refractivity contribution is 7.92. The summed E-state index contributed by atoms with van der Waals surface area (Å²) in [6, 6.07) is 52.3. The minimum absolute atomic E-state index is 0.0745. The quantitative estimate of drug-likeness (QED) is 0.0707. The van der Waals surface area contributed by atoms with Crippen LogP contribution in [0, 0.1) is 0 Å². The van der Waals surface area contributed by atoms with E-state index >= 15 is 0 Å². The standard InChI is InChI=1S/C55H48O12S3/c1-5-63-42-16-28-50(29-17-42)69(58,59)51-30-18-43(19-31-51)64-38-65-44-20-32-52(33-21-44)70(60,61)54-36-24-48(25-37-54)67-46-12-8-40(9-13-46)55(2,3)39-6-10-45(11-7-39)66-47-22-34-53(35-23-47)68(56,57)49-26-14-41(62-4)15-27-49/h6-37H,5,38H2,1-4H3. The van der Waals surface area contributed by atoms with Crippen LogP contribution < -0.4 is 28.4 Å². The molecule has 0 amide bonds. The van der Waals surface area contributed by atoms with Crippen molar-refractivity contribution in [2.75, 3.05) is 20.5 Å². The van der Waals surface area contributed by atoms with Crippen LogP contribution in [0.15, 0.2) is 223 Å². The summed E-state index contributed by atoms with van der Waals surface area (Å²) in [6.07, 6.45) is 0. The van der Waals surface area contributed by atoms with Crippen molar-refractivity contribution in [2.24, 2.45) is 0 Å². The van der Waals surface area contributed by atoms with Gasteiger partial charge >= 0.3 is 0 Å². The first-order valence-electron chi connectivity index (χ1n) is 21.9. The van der Waals surface area contributed by atoms with E-state index in [4.69, 9.17) is 28.4 Å². The summed E-state index contributed by atoms with van der Waals surface area (Å²) in [7, 11) is -9.79. The maximum Gasteiger partial charge on any atom is 0.230 e. The maximum absolute atomic E-state index is 13.5. The fourth-order valence-corrected chi connectivity index (χ4v) is 11.1. The highest BCUT2D eigenvalue weighted by Gasteiger charge is 2.24. The van der Waals surface area contributed by atoms with Crippen molar-refractivity contribution in [3.63, 3.8) is 0 Å². The van der Waals surface area contributed by atoms with E-state index in [9.17, 15) is 25.3 Å². The number of benzene rings is 8. The summed E-state index contributed by atoms with van der Waals surface area (Å²) in [5.74, 6) is 4.04. The Labute approximate surface area is 408 Å². The lowest BCUT2D eigenvalue weighted by molar-refractivity contribution is 0.119. The topological polar surface area (TPSA) is 158 Å². The molecule has 0 aliphatic heterocycles. The number of hydrogen-bond acceptors (Lipinski definition) is 12. The lowest BCUT2D eigenvalue weighted by Crippen LogP contribution is -2.18. The molecule has 0 unspecified atom stereocenters. The Hall–Kier alpha value is -7.59. The summed E-state index contributed by atoms with van der Waals surface area (Å²) in [4.78, 5) is 0.741. The zero-order chi connectivity index (χ0) is 49.5. The molecule has 8 aromatic rings. The van der Waals surface area contributed by atoms with Crippen LogP contribution in [0.5, 0.6) is 46.0 Å². The molecule has 12 nitrogen and oxygen atoms in total. The molecule has 0 heterocycles. The molecule has 0 bridgehead atoms. The van der Waals surface area contributed by atoms with Crippen molar-refractivity contribution in [1.82, 2.24) is 0 Å². The molecule has 0 aromatic heterocycles. The minimum Gasteiger partial charge on any atom is -0.497 e. The summed E-state index contributed by atoms with van der Waals surface area (Å²) < 4.78 is 113. The summed E-state index contributed by atoms with van der Waals surface area (Å²) in [5, 5.41) is 0. The molecule has 8 rings (SSSR count). The van der Waals surface area contributed by atoms with Gasteiger partial charge in [-0.15, -0.1) is 0 Å². The summed E-state index contributed by atoms with van der Waals surface area (Å²) >= 11 is 0. The van der Waals surface area contributed by atoms with E-state index in [-0.39, 0.29) is 41.6 Å². The molecule has 8 aromatic carbocycles. The molecule has 0 N–H and O–H groups in total. The third-order valence-electron chi connectivity index (χ3n) is 11.4. The zero-order valence-electron chi connectivity index (χ0n) is 38.5. The first-order chi connectivity index (χ1) is 33.6. The van der Waals surface area contributed by atoms with Crippen LogP contribution in [0.25, 0.3) is 0 Å². The van der Waals surface area contributed by atoms with Gasteiger partial charge in [-0.1, -0.05) is 38.1 Å². The number of rotatable bonds is 19. The van der Waals surface area contributed by atoms with E-state index < -0.39 is 29.5 Å². The van der Waals surface area contributed by atoms with Crippen molar-refractivity contribution < 1.29 is 53.7 Å². The van der Waals surface area contributed by atoms with Gasteiger partial charge in [0.25, 0.3) is 0 Å². The molecule has 0 fully saturated rings. The van der Waals surface area contributed by atoms with Crippen molar-refractivity contribution in [3.05, 3.63) is 205 Å². The molecular weight excluding hydrogens is 949 g/mol. The van der Waals surface area contributed by atoms with E-state index in [1.807, 2.05) is 55.5 Å². The fraction of sp³-hybridized carbons (Fsp3) is 0.127. The predicted octanol–water partition coefficient (Wildman–Crippen LogP) is 11.9. The molecule has 0 aliphatic carbocycles. The molecule has 0 saturated carbocycles. The van der Waals surface area contributed by atoms with E-state index in [2.05, 4.69) is 13.8 Å². The molecule has 15 heteroatoms. The average Bonchev–Trinajstić information content (AvgIpc) is 3.37. The van der Waals surface area contributed by atoms with Crippen LogP contribution in [0.1, 0.15) is 31.9 Å². The van der Waals surface area contributed by atoms with Crippen molar-refractivity contribution in [2.45, 2.75) is 55.6 Å². The van der Waals surface area contributed by atoms with Crippen LogP contribution in [-0.4, -0.2) is 45.8 Å². The SMILES string of the molecule is CCOc1ccc(S(=O)(=O)c2ccc(OCOc3ccc(S(=O)(=O)c4ccc(Oc5ccc(C(C)(C)c6ccc(Oc7ccc(S(=O)(=O)c8ccc(OC)cc8)cc7)cc6)cc5)cc4)cc3)cc2)cc1. The Morgan fingerprint density at radius 3 is 0.814 bits per heavy atom. The number of methoxy groups -OCH3 is 1. The van der Waals surface area contributed by atoms with Gasteiger partial charge in [-0.3, -0.25) is 0 Å². The fourth-order valence-electron chi connectivity index (χ4n) is 7.33. The number of sulfone groups is 3. The van der Waals surface area contributed by atoms with Gasteiger partial charge in [0.2, 0.25) is 36.3 Å². The van der Waals surface area contributed by atoms with Gasteiger partial charge in [0.05, 0.1) is 43.1 Å². The van der Waals surface area contributed by atoms with Gasteiger partial charge < -0.3 is 28.4 Å². The molecule has 0 saturated heterocycles. The van der Waals surface area contributed by atoms with Gasteiger partial charge in [0, 0.05) is 5.41 Å². The van der Waals surface area contributed by atoms with Gasteiger partial charge in [-0.2, -0.15) is 0 Å². The maximum atomic E-state index is 13.5. The highest BCUT2D eigenvalue weighted by atomic mass is 32.2. The Bertz CT molecular complexity index is 3380. The smallest absolute Gasteiger partial charge is 0.230 e. The molecule has 0 radical (unpaired) electrons. The van der Waals surface area contributed by atoms with E-state index in [1.54, 1.807) is 48.5 Å². The molecular formula is C55H48O12S3. The number of hydrogen-bond donors (Lipinski definition) is 0. The van der Waals surface area contributed by atoms with Gasteiger partial charge in [0.15, 0.2) is 0 Å². The lowest BCUT2D eigenvalue weighted by atomic mass is 9.78. The van der Waals surface area contributed by atoms with Crippen molar-refractivity contribution >= 4 is 29.5 Å². The first kappa shape index (κ1) is 48.9. The Kier molecular flexibility index (Phi) is 14.3. The third-order valence-corrected chi connectivity index (χ3v) is 16.8. The second-order valence-electron chi connectivity index (χ2n) is 16.3. The Morgan fingerprint density at radius 2 is 0.557 bits per heavy atom. The molecule has 70 heavy (non-hydrogen) atoms. The van der Waals surface area contributed by atoms with E-state index in [0.717, 1.165) is 11.1 Å². The first-order valence-corrected chi connectivity index (χ1v) is 26.4. The predicted molar refractivity (Wildman–Crippen MR) is 264 cm³/mol. The second kappa shape index (κ2) is 20.6. The number of ether oxygens (including phenoxy) is 6. The van der Waals surface area contributed by atoms with Gasteiger partial charge in [0.1, 0.15) is 46.0 Å². The molecule has 0 aliphatic rings. The summed E-state index contributed by atoms with van der Waals surface area (Å²) in [6.45, 7) is 6.35. The van der Waals surface area contributed by atoms with Gasteiger partial charge in [-0.25, -0.2) is 25.3 Å². The molecule has 0 atom stereocenters. The highest BCUT2D eigenvalue weighted by Crippen LogP contribution is 2.36. The third kappa shape index (κ3) is 11.0. The van der Waals surface area contributed by atoms with Crippen molar-refractivity contribution in [3.8, 4) is 46.0 Å². The Balaban J connectivity index is 0.815. The largest absolute Gasteiger partial charge is 0.497 e. The van der Waals surface area contributed by atoms with Crippen LogP contribution in [0.3, 0.4) is 0 Å². The van der Waals surface area contributed by atoms with Crippen LogP contribution >= 0.6 is 0 Å². The minimum atomic E-state index is -3.86. The molecule has 0 spiro atoms. The van der Waals surface area contributed by atoms with E-state index in [1.165, 1.54) is 104 Å². The van der Waals surface area contributed by atoms with Gasteiger partial charge in [-0.05, 0) is 188 Å². The van der Waals surface area contributed by atoms with Crippen LogP contribution in [-0.2, 0) is 34.9 Å². The van der Waals surface area contributed by atoms with E-state index in [0.29, 0.717) is 52.6 Å². The monoisotopic (exact) mass is 996 g/mol. The summed E-state index contributed by atoms with van der Waals surface area (Å²) in [5.41, 5.74) is 1.69. The van der Waals surface area contributed by atoms with Crippen molar-refractivity contribution in [1.29, 1.82) is 0 Å². The average molecular weight is 997 g/mol. The molecule has 358 valence electrons. The zero-order valence-corrected chi connectivity index (χ0v) is 41.0. The van der Waals surface area contributed by atoms with Crippen LogP contribution in [0.4, 0.5) is 0 Å². The lowest BCUT2D eigenvalue weighted by Gasteiger charge is -2.26. The second-order valence-corrected chi connectivity index (χ2v) is 22.1.